The first-order valence-electron chi connectivity index (χ1n) is 5.91. The van der Waals surface area contributed by atoms with Gasteiger partial charge in [0.05, 0.1) is 10.7 Å². The third-order valence-corrected chi connectivity index (χ3v) is 4.28. The van der Waals surface area contributed by atoms with Crippen molar-refractivity contribution >= 4 is 29.2 Å². The van der Waals surface area contributed by atoms with Crippen molar-refractivity contribution in [1.29, 1.82) is 0 Å². The van der Waals surface area contributed by atoms with Gasteiger partial charge in [0.25, 0.3) is 0 Å². The summed E-state index contributed by atoms with van der Waals surface area (Å²) in [7, 11) is 1.92. The van der Waals surface area contributed by atoms with Crippen LogP contribution in [0.2, 0.25) is 5.02 Å². The molecule has 0 fully saturated rings. The van der Waals surface area contributed by atoms with Gasteiger partial charge in [-0.05, 0) is 24.6 Å². The number of benzene rings is 1. The van der Waals surface area contributed by atoms with Crippen LogP contribution in [0.5, 0.6) is 0 Å². The van der Waals surface area contributed by atoms with E-state index in [1.807, 2.05) is 30.8 Å². The third kappa shape index (κ3) is 3.26. The van der Waals surface area contributed by atoms with E-state index in [0.717, 1.165) is 22.0 Å². The van der Waals surface area contributed by atoms with E-state index in [9.17, 15) is 0 Å². The van der Waals surface area contributed by atoms with E-state index in [1.165, 1.54) is 0 Å². The second-order valence-electron chi connectivity index (χ2n) is 4.33. The maximum Gasteiger partial charge on any atom is 0.170 e. The fourth-order valence-corrected chi connectivity index (χ4v) is 3.12. The minimum atomic E-state index is 0.0494. The average Bonchev–Trinajstić information content (AvgIpc) is 2.74. The maximum atomic E-state index is 8.64. The Morgan fingerprint density at radius 1 is 1.50 bits per heavy atom. The highest BCUT2D eigenvalue weighted by Gasteiger charge is 2.08. The molecule has 0 aliphatic carbocycles. The lowest BCUT2D eigenvalue weighted by atomic mass is 10.1. The van der Waals surface area contributed by atoms with Crippen molar-refractivity contribution in [3.8, 4) is 0 Å². The summed E-state index contributed by atoms with van der Waals surface area (Å²) in [6.07, 6.45) is 0. The molecule has 2 rings (SSSR count). The van der Waals surface area contributed by atoms with Crippen molar-refractivity contribution in [2.75, 3.05) is 0 Å². The predicted octanol–water partition coefficient (Wildman–Crippen LogP) is 2.77. The van der Waals surface area contributed by atoms with Crippen LogP contribution in [-0.2, 0) is 12.8 Å². The molecule has 0 radical (unpaired) electrons. The first-order valence-corrected chi connectivity index (χ1v) is 7.27. The van der Waals surface area contributed by atoms with Crippen LogP contribution in [0.4, 0.5) is 0 Å². The third-order valence-electron chi connectivity index (χ3n) is 2.79. The van der Waals surface area contributed by atoms with Gasteiger partial charge in [0, 0.05) is 23.4 Å². The Labute approximate surface area is 126 Å². The monoisotopic (exact) mass is 310 g/mol. The van der Waals surface area contributed by atoms with E-state index in [-0.39, 0.29) is 5.84 Å². The van der Waals surface area contributed by atoms with Gasteiger partial charge in [-0.15, -0.1) is 11.8 Å². The molecule has 1 aromatic heterocycles. The molecular formula is C13H15ClN4OS. The Bertz CT molecular complexity index is 654. The Kier molecular flexibility index (Phi) is 4.57. The molecule has 0 unspecified atom stereocenters. The second kappa shape index (κ2) is 6.19. The Balaban J connectivity index is 2.12. The molecule has 7 heteroatoms. The number of rotatable bonds is 4. The summed E-state index contributed by atoms with van der Waals surface area (Å²) in [6.45, 7) is 1.96. The summed E-state index contributed by atoms with van der Waals surface area (Å²) in [4.78, 5) is 0. The van der Waals surface area contributed by atoms with Crippen LogP contribution in [0, 0.1) is 6.92 Å². The molecule has 2 aromatic rings. The highest BCUT2D eigenvalue weighted by Crippen LogP contribution is 2.27. The summed E-state index contributed by atoms with van der Waals surface area (Å²) in [5.74, 6) is 0.780. The number of nitrogens with two attached hydrogens (primary N) is 1. The molecule has 0 atom stereocenters. The van der Waals surface area contributed by atoms with Crippen LogP contribution in [0.15, 0.2) is 34.4 Å². The number of oxime groups is 1. The van der Waals surface area contributed by atoms with E-state index >= 15 is 0 Å². The van der Waals surface area contributed by atoms with Crippen LogP contribution in [0.25, 0.3) is 0 Å². The molecule has 0 amide bonds. The van der Waals surface area contributed by atoms with Crippen LogP contribution in [0.1, 0.15) is 16.8 Å². The smallest absolute Gasteiger partial charge is 0.170 e. The van der Waals surface area contributed by atoms with E-state index in [1.54, 1.807) is 23.9 Å². The number of aryl methyl sites for hydroxylation is 2. The van der Waals surface area contributed by atoms with Crippen molar-refractivity contribution in [2.24, 2.45) is 17.9 Å². The lowest BCUT2D eigenvalue weighted by Gasteiger charge is -2.06. The highest BCUT2D eigenvalue weighted by atomic mass is 35.5. The molecule has 5 nitrogen and oxygen atoms in total. The molecule has 20 heavy (non-hydrogen) atoms. The first-order chi connectivity index (χ1) is 9.51. The Morgan fingerprint density at radius 2 is 2.25 bits per heavy atom. The molecule has 0 bridgehead atoms. The largest absolute Gasteiger partial charge is 0.409 e. The number of halogens is 1. The van der Waals surface area contributed by atoms with Gasteiger partial charge in [0.2, 0.25) is 0 Å². The number of thioether (sulfide) groups is 1. The quantitative estimate of drug-likeness (QED) is 0.299. The van der Waals surface area contributed by atoms with Gasteiger partial charge >= 0.3 is 0 Å². The Hall–Kier alpha value is -1.66. The SMILES string of the molecule is Cc1cc(SCc2ccc(/C(N)=N/O)cc2Cl)n(C)n1. The first kappa shape index (κ1) is 14.7. The average molecular weight is 311 g/mol. The van der Waals surface area contributed by atoms with Gasteiger partial charge in [-0.3, -0.25) is 4.68 Å². The van der Waals surface area contributed by atoms with Crippen LogP contribution >= 0.6 is 23.4 Å². The number of nitrogens with zero attached hydrogens (tertiary/aromatic N) is 3. The molecule has 0 saturated heterocycles. The highest BCUT2D eigenvalue weighted by molar-refractivity contribution is 7.98. The van der Waals surface area contributed by atoms with Gasteiger partial charge < -0.3 is 10.9 Å². The maximum absolute atomic E-state index is 8.64. The number of amidine groups is 1. The predicted molar refractivity (Wildman–Crippen MR) is 81.5 cm³/mol. The Morgan fingerprint density at radius 3 is 2.80 bits per heavy atom. The molecule has 1 heterocycles. The summed E-state index contributed by atoms with van der Waals surface area (Å²) in [5, 5.41) is 17.6. The van der Waals surface area contributed by atoms with Crippen molar-refractivity contribution in [3.63, 3.8) is 0 Å². The number of hydrogen-bond acceptors (Lipinski definition) is 4. The molecule has 106 valence electrons. The fourth-order valence-electron chi connectivity index (χ4n) is 1.76. The van der Waals surface area contributed by atoms with Crippen molar-refractivity contribution < 1.29 is 5.21 Å². The van der Waals surface area contributed by atoms with E-state index in [2.05, 4.69) is 10.3 Å². The van der Waals surface area contributed by atoms with Crippen molar-refractivity contribution in [1.82, 2.24) is 9.78 Å². The summed E-state index contributed by atoms with van der Waals surface area (Å²) >= 11 is 7.87. The zero-order chi connectivity index (χ0) is 14.7. The van der Waals surface area contributed by atoms with Gasteiger partial charge in [0.15, 0.2) is 5.84 Å². The fraction of sp³-hybridized carbons (Fsp3) is 0.231. The van der Waals surface area contributed by atoms with E-state index in [4.69, 9.17) is 22.5 Å². The standard InChI is InChI=1S/C13H15ClN4OS/c1-8-5-12(18(2)16-8)20-7-10-4-3-9(6-11(10)14)13(15)17-19/h3-6,19H,7H2,1-2H3,(H2,15,17). The van der Waals surface area contributed by atoms with E-state index < -0.39 is 0 Å². The normalized spacial score (nSPS) is 11.8. The summed E-state index contributed by atoms with van der Waals surface area (Å²) in [6, 6.07) is 7.39. The van der Waals surface area contributed by atoms with Crippen LogP contribution < -0.4 is 5.73 Å². The van der Waals surface area contributed by atoms with Crippen LogP contribution in [-0.4, -0.2) is 20.8 Å². The molecule has 0 aliphatic heterocycles. The lowest BCUT2D eigenvalue weighted by molar-refractivity contribution is 0.318. The molecule has 1 aromatic carbocycles. The number of aromatic nitrogens is 2. The lowest BCUT2D eigenvalue weighted by Crippen LogP contribution is -2.13. The zero-order valence-corrected chi connectivity index (χ0v) is 12.7. The van der Waals surface area contributed by atoms with Gasteiger partial charge in [-0.1, -0.05) is 28.9 Å². The second-order valence-corrected chi connectivity index (χ2v) is 5.73. The molecule has 3 N–H and O–H groups in total. The van der Waals surface area contributed by atoms with Crippen LogP contribution in [0.3, 0.4) is 0 Å². The molecular weight excluding hydrogens is 296 g/mol. The molecule has 0 aliphatic rings. The zero-order valence-electron chi connectivity index (χ0n) is 11.2. The van der Waals surface area contributed by atoms with E-state index in [0.29, 0.717) is 10.6 Å². The number of hydrogen-bond donors (Lipinski definition) is 2. The van der Waals surface area contributed by atoms with Gasteiger partial charge in [0.1, 0.15) is 0 Å². The summed E-state index contributed by atoms with van der Waals surface area (Å²) < 4.78 is 1.85. The van der Waals surface area contributed by atoms with Crippen molar-refractivity contribution in [3.05, 3.63) is 46.1 Å². The topological polar surface area (TPSA) is 76.4 Å². The summed E-state index contributed by atoms with van der Waals surface area (Å²) in [5.41, 5.74) is 8.11. The van der Waals surface area contributed by atoms with Gasteiger partial charge in [-0.2, -0.15) is 5.10 Å². The minimum absolute atomic E-state index is 0.0494. The molecule has 0 spiro atoms. The van der Waals surface area contributed by atoms with Crippen molar-refractivity contribution in [2.45, 2.75) is 17.7 Å². The molecule has 0 saturated carbocycles. The minimum Gasteiger partial charge on any atom is -0.409 e. The van der Waals surface area contributed by atoms with Gasteiger partial charge in [-0.25, -0.2) is 0 Å².